The van der Waals surface area contributed by atoms with Crippen LogP contribution in [0.15, 0.2) is 30.3 Å². The molecule has 0 spiro atoms. The van der Waals surface area contributed by atoms with Crippen LogP contribution in [0.2, 0.25) is 0 Å². The second-order valence-corrected chi connectivity index (χ2v) is 6.00. The molecule has 0 saturated heterocycles. The number of nitrogens with one attached hydrogen (secondary N) is 2. The summed E-state index contributed by atoms with van der Waals surface area (Å²) in [4.78, 5) is 12.4. The quantitative estimate of drug-likeness (QED) is 0.854. The van der Waals surface area contributed by atoms with E-state index in [1.807, 2.05) is 25.1 Å². The summed E-state index contributed by atoms with van der Waals surface area (Å²) >= 11 is 0. The van der Waals surface area contributed by atoms with E-state index in [1.54, 1.807) is 12.1 Å². The fraction of sp³-hybridized carbons (Fsp3) is 0.389. The molecule has 1 amide bonds. The standard InChI is InChI=1S/C18H24N4O/c1-5-14-8-6-7-13(4)17(14)20-18(23)15-9-10-16(22-21-15)19-11-12(2)3/h6-10,12H,5,11H2,1-4H3,(H,19,22)(H,20,23). The van der Waals surface area contributed by atoms with Crippen LogP contribution in [0, 0.1) is 12.8 Å². The van der Waals surface area contributed by atoms with Gasteiger partial charge in [-0.2, -0.15) is 0 Å². The third-order valence-corrected chi connectivity index (χ3v) is 3.57. The van der Waals surface area contributed by atoms with Crippen molar-refractivity contribution in [3.8, 4) is 0 Å². The molecule has 0 bridgehead atoms. The maximum Gasteiger partial charge on any atom is 0.276 e. The molecule has 0 aliphatic carbocycles. The Balaban J connectivity index is 2.09. The summed E-state index contributed by atoms with van der Waals surface area (Å²) in [7, 11) is 0. The number of benzene rings is 1. The van der Waals surface area contributed by atoms with Gasteiger partial charge in [-0.25, -0.2) is 0 Å². The Morgan fingerprint density at radius 1 is 1.17 bits per heavy atom. The molecule has 1 aromatic heterocycles. The van der Waals surface area contributed by atoms with Crippen LogP contribution >= 0.6 is 0 Å². The Morgan fingerprint density at radius 3 is 2.57 bits per heavy atom. The maximum atomic E-state index is 12.4. The summed E-state index contributed by atoms with van der Waals surface area (Å²) in [5, 5.41) is 14.2. The monoisotopic (exact) mass is 312 g/mol. The summed E-state index contributed by atoms with van der Waals surface area (Å²) in [5.74, 6) is 0.964. The summed E-state index contributed by atoms with van der Waals surface area (Å²) in [6.07, 6.45) is 0.862. The highest BCUT2D eigenvalue weighted by molar-refractivity contribution is 6.03. The van der Waals surface area contributed by atoms with Gasteiger partial charge in [-0.15, -0.1) is 10.2 Å². The smallest absolute Gasteiger partial charge is 0.276 e. The van der Waals surface area contributed by atoms with E-state index in [-0.39, 0.29) is 5.91 Å². The fourth-order valence-corrected chi connectivity index (χ4v) is 2.24. The molecule has 23 heavy (non-hydrogen) atoms. The lowest BCUT2D eigenvalue weighted by atomic mass is 10.1. The lowest BCUT2D eigenvalue weighted by Crippen LogP contribution is -2.17. The predicted octanol–water partition coefficient (Wildman–Crippen LogP) is 3.67. The number of anilines is 2. The van der Waals surface area contributed by atoms with E-state index < -0.39 is 0 Å². The van der Waals surface area contributed by atoms with E-state index in [0.717, 1.165) is 29.8 Å². The third kappa shape index (κ3) is 4.52. The van der Waals surface area contributed by atoms with Crippen molar-refractivity contribution < 1.29 is 4.79 Å². The molecule has 1 aromatic carbocycles. The van der Waals surface area contributed by atoms with E-state index in [9.17, 15) is 4.79 Å². The van der Waals surface area contributed by atoms with Crippen LogP contribution in [0.4, 0.5) is 11.5 Å². The number of aromatic nitrogens is 2. The number of carbonyl (C=O) groups is 1. The Morgan fingerprint density at radius 2 is 1.96 bits per heavy atom. The summed E-state index contributed by atoms with van der Waals surface area (Å²) in [6, 6.07) is 9.48. The van der Waals surface area contributed by atoms with E-state index in [1.165, 1.54) is 0 Å². The summed E-state index contributed by atoms with van der Waals surface area (Å²) in [6.45, 7) is 9.12. The number of aryl methyl sites for hydroxylation is 2. The SMILES string of the molecule is CCc1cccc(C)c1NC(=O)c1ccc(NCC(C)C)nn1. The van der Waals surface area contributed by atoms with Gasteiger partial charge in [-0.05, 0) is 42.5 Å². The Labute approximate surface area is 137 Å². The highest BCUT2D eigenvalue weighted by Crippen LogP contribution is 2.21. The van der Waals surface area contributed by atoms with Crippen molar-refractivity contribution in [1.82, 2.24) is 10.2 Å². The average Bonchev–Trinajstić information content (AvgIpc) is 2.55. The number of hydrogen-bond acceptors (Lipinski definition) is 4. The van der Waals surface area contributed by atoms with Crippen LogP contribution in [0.25, 0.3) is 0 Å². The van der Waals surface area contributed by atoms with Crippen LogP contribution in [0.5, 0.6) is 0 Å². The van der Waals surface area contributed by atoms with Crippen LogP contribution in [-0.4, -0.2) is 22.6 Å². The number of para-hydroxylation sites is 1. The molecule has 0 saturated carbocycles. The van der Waals surface area contributed by atoms with E-state index >= 15 is 0 Å². The van der Waals surface area contributed by atoms with Crippen LogP contribution in [0.1, 0.15) is 42.4 Å². The zero-order valence-corrected chi connectivity index (χ0v) is 14.2. The van der Waals surface area contributed by atoms with Crippen LogP contribution in [-0.2, 0) is 6.42 Å². The molecule has 2 rings (SSSR count). The van der Waals surface area contributed by atoms with Crippen molar-refractivity contribution in [2.45, 2.75) is 34.1 Å². The molecule has 1 heterocycles. The Kier molecular flexibility index (Phi) is 5.68. The third-order valence-electron chi connectivity index (χ3n) is 3.57. The molecule has 5 nitrogen and oxygen atoms in total. The number of hydrogen-bond donors (Lipinski definition) is 2. The van der Waals surface area contributed by atoms with Gasteiger partial charge in [-0.3, -0.25) is 4.79 Å². The first-order valence-electron chi connectivity index (χ1n) is 7.98. The minimum absolute atomic E-state index is 0.239. The first-order chi connectivity index (χ1) is 11.0. The van der Waals surface area contributed by atoms with Crippen molar-refractivity contribution in [2.75, 3.05) is 17.2 Å². The first kappa shape index (κ1) is 16.9. The average molecular weight is 312 g/mol. The highest BCUT2D eigenvalue weighted by Gasteiger charge is 2.12. The molecule has 0 radical (unpaired) electrons. The lowest BCUT2D eigenvalue weighted by Gasteiger charge is -2.12. The highest BCUT2D eigenvalue weighted by atomic mass is 16.1. The van der Waals surface area contributed by atoms with Gasteiger partial charge in [-0.1, -0.05) is 39.0 Å². The number of amides is 1. The minimum Gasteiger partial charge on any atom is -0.368 e. The maximum absolute atomic E-state index is 12.4. The zero-order valence-electron chi connectivity index (χ0n) is 14.2. The van der Waals surface area contributed by atoms with Gasteiger partial charge in [0.1, 0.15) is 5.82 Å². The summed E-state index contributed by atoms with van der Waals surface area (Å²) in [5.41, 5.74) is 3.33. The van der Waals surface area contributed by atoms with Crippen molar-refractivity contribution in [1.29, 1.82) is 0 Å². The Hall–Kier alpha value is -2.43. The zero-order chi connectivity index (χ0) is 16.8. The largest absolute Gasteiger partial charge is 0.368 e. The van der Waals surface area contributed by atoms with Crippen LogP contribution < -0.4 is 10.6 Å². The van der Waals surface area contributed by atoms with E-state index in [4.69, 9.17) is 0 Å². The number of nitrogens with zero attached hydrogens (tertiary/aromatic N) is 2. The molecule has 0 atom stereocenters. The molecule has 5 heteroatoms. The molecular formula is C18H24N4O. The van der Waals surface area contributed by atoms with Gasteiger partial charge in [0, 0.05) is 12.2 Å². The van der Waals surface area contributed by atoms with Gasteiger partial charge < -0.3 is 10.6 Å². The first-order valence-corrected chi connectivity index (χ1v) is 7.98. The summed E-state index contributed by atoms with van der Waals surface area (Å²) < 4.78 is 0. The van der Waals surface area contributed by atoms with E-state index in [0.29, 0.717) is 17.4 Å². The van der Waals surface area contributed by atoms with Crippen molar-refractivity contribution in [3.63, 3.8) is 0 Å². The van der Waals surface area contributed by atoms with Crippen molar-refractivity contribution >= 4 is 17.4 Å². The van der Waals surface area contributed by atoms with Crippen molar-refractivity contribution in [2.24, 2.45) is 5.92 Å². The topological polar surface area (TPSA) is 66.9 Å². The van der Waals surface area contributed by atoms with Gasteiger partial charge in [0.2, 0.25) is 0 Å². The molecule has 2 N–H and O–H groups in total. The molecule has 0 aliphatic rings. The second-order valence-electron chi connectivity index (χ2n) is 6.00. The van der Waals surface area contributed by atoms with Gasteiger partial charge in [0.25, 0.3) is 5.91 Å². The normalized spacial score (nSPS) is 10.7. The lowest BCUT2D eigenvalue weighted by molar-refractivity contribution is 0.102. The molecular weight excluding hydrogens is 288 g/mol. The van der Waals surface area contributed by atoms with Gasteiger partial charge >= 0.3 is 0 Å². The molecule has 122 valence electrons. The van der Waals surface area contributed by atoms with E-state index in [2.05, 4.69) is 41.6 Å². The number of carbonyl (C=O) groups excluding carboxylic acids is 1. The number of rotatable bonds is 6. The predicted molar refractivity (Wildman–Crippen MR) is 93.9 cm³/mol. The molecule has 0 unspecified atom stereocenters. The molecule has 0 fully saturated rings. The minimum atomic E-state index is -0.239. The van der Waals surface area contributed by atoms with Crippen molar-refractivity contribution in [3.05, 3.63) is 47.2 Å². The van der Waals surface area contributed by atoms with Crippen LogP contribution in [0.3, 0.4) is 0 Å². The molecule has 2 aromatic rings. The van der Waals surface area contributed by atoms with Gasteiger partial charge in [0.15, 0.2) is 5.69 Å². The molecule has 0 aliphatic heterocycles. The fourth-order valence-electron chi connectivity index (χ4n) is 2.24. The second kappa shape index (κ2) is 7.72. The van der Waals surface area contributed by atoms with Gasteiger partial charge in [0.05, 0.1) is 0 Å². The Bertz CT molecular complexity index is 665.